The molecule has 0 spiro atoms. The van der Waals surface area contributed by atoms with Crippen molar-refractivity contribution in [1.82, 2.24) is 4.98 Å². The van der Waals surface area contributed by atoms with Gasteiger partial charge in [0, 0.05) is 19.3 Å². The Balaban J connectivity index is 2.13. The highest BCUT2D eigenvalue weighted by molar-refractivity contribution is 5.88. The predicted molar refractivity (Wildman–Crippen MR) is 90.4 cm³/mol. The van der Waals surface area contributed by atoms with Crippen LogP contribution in [0.25, 0.3) is 11.3 Å². The molecule has 1 aliphatic rings. The molecule has 0 bridgehead atoms. The summed E-state index contributed by atoms with van der Waals surface area (Å²) >= 11 is 0. The average Bonchev–Trinajstić information content (AvgIpc) is 2.54. The molecule has 23 heavy (non-hydrogen) atoms. The van der Waals surface area contributed by atoms with Crippen LogP contribution in [0.3, 0.4) is 0 Å². The van der Waals surface area contributed by atoms with Gasteiger partial charge in [0.2, 0.25) is 0 Å². The Morgan fingerprint density at radius 1 is 1.35 bits per heavy atom. The van der Waals surface area contributed by atoms with Crippen molar-refractivity contribution in [1.29, 1.82) is 0 Å². The van der Waals surface area contributed by atoms with Gasteiger partial charge >= 0.3 is 5.97 Å². The summed E-state index contributed by atoms with van der Waals surface area (Å²) in [5.74, 6) is -1.19. The van der Waals surface area contributed by atoms with Crippen LogP contribution in [0, 0.1) is 0 Å². The highest BCUT2D eigenvalue weighted by Crippen LogP contribution is 2.31. The molecule has 0 unspecified atom stereocenters. The summed E-state index contributed by atoms with van der Waals surface area (Å²) < 4.78 is 0. The van der Waals surface area contributed by atoms with Crippen molar-refractivity contribution in [3.63, 3.8) is 0 Å². The number of nitrogens with one attached hydrogen (secondary N) is 1. The quantitative estimate of drug-likeness (QED) is 0.914. The van der Waals surface area contributed by atoms with E-state index in [-0.39, 0.29) is 5.56 Å². The molecule has 1 aromatic carbocycles. The number of carbonyl (C=O) groups is 1. The van der Waals surface area contributed by atoms with Crippen LogP contribution in [-0.2, 0) is 12.8 Å². The molecule has 0 atom stereocenters. The van der Waals surface area contributed by atoms with E-state index in [0.29, 0.717) is 6.42 Å². The van der Waals surface area contributed by atoms with Crippen molar-refractivity contribution in [2.24, 2.45) is 0 Å². The lowest BCUT2D eigenvalue weighted by molar-refractivity contribution is 0.0695. The number of aryl methyl sites for hydroxylation is 2. The summed E-state index contributed by atoms with van der Waals surface area (Å²) in [4.78, 5) is 28.2. The van der Waals surface area contributed by atoms with Crippen LogP contribution in [0.4, 0.5) is 5.69 Å². The van der Waals surface area contributed by atoms with Crippen molar-refractivity contribution in [2.45, 2.75) is 26.2 Å². The number of H-pyrrole nitrogens is 1. The van der Waals surface area contributed by atoms with E-state index in [1.54, 1.807) is 0 Å². The van der Waals surface area contributed by atoms with Gasteiger partial charge in [-0.25, -0.2) is 4.79 Å². The smallest absolute Gasteiger partial charge is 0.341 e. The molecule has 0 radical (unpaired) electrons. The van der Waals surface area contributed by atoms with Crippen molar-refractivity contribution in [3.8, 4) is 11.3 Å². The van der Waals surface area contributed by atoms with E-state index in [2.05, 4.69) is 29.1 Å². The molecule has 1 aliphatic heterocycles. The zero-order valence-corrected chi connectivity index (χ0v) is 13.3. The maximum Gasteiger partial charge on any atom is 0.341 e. The first kappa shape index (κ1) is 15.3. The van der Waals surface area contributed by atoms with Gasteiger partial charge in [-0.2, -0.15) is 0 Å². The highest BCUT2D eigenvalue weighted by atomic mass is 16.4. The summed E-state index contributed by atoms with van der Waals surface area (Å²) in [6.45, 7) is 3.01. The number of benzene rings is 1. The van der Waals surface area contributed by atoms with Crippen LogP contribution >= 0.6 is 0 Å². The first-order valence-corrected chi connectivity index (χ1v) is 7.85. The number of aromatic amines is 1. The largest absolute Gasteiger partial charge is 0.477 e. The molecule has 0 aliphatic carbocycles. The first-order valence-electron chi connectivity index (χ1n) is 7.85. The fourth-order valence-electron chi connectivity index (χ4n) is 3.21. The Labute approximate surface area is 134 Å². The number of anilines is 1. The Bertz CT molecular complexity index is 824. The second kappa shape index (κ2) is 5.91. The van der Waals surface area contributed by atoms with E-state index in [1.165, 1.54) is 17.3 Å². The second-order valence-corrected chi connectivity index (χ2v) is 5.94. The van der Waals surface area contributed by atoms with Crippen LogP contribution in [0.1, 0.15) is 34.8 Å². The number of pyridine rings is 1. The number of aromatic carboxylic acids is 1. The summed E-state index contributed by atoms with van der Waals surface area (Å²) in [6, 6.07) is 7.66. The molecule has 3 rings (SSSR count). The average molecular weight is 312 g/mol. The second-order valence-electron chi connectivity index (χ2n) is 5.94. The van der Waals surface area contributed by atoms with Gasteiger partial charge in [-0.1, -0.05) is 13.0 Å². The van der Waals surface area contributed by atoms with Crippen LogP contribution in [0.5, 0.6) is 0 Å². The monoisotopic (exact) mass is 312 g/mol. The van der Waals surface area contributed by atoms with Gasteiger partial charge in [0.1, 0.15) is 5.56 Å². The Kier molecular flexibility index (Phi) is 3.94. The van der Waals surface area contributed by atoms with Gasteiger partial charge in [-0.15, -0.1) is 0 Å². The van der Waals surface area contributed by atoms with Gasteiger partial charge in [-0.3, -0.25) is 4.79 Å². The minimum absolute atomic E-state index is 0.205. The van der Waals surface area contributed by atoms with Crippen molar-refractivity contribution in [2.75, 3.05) is 18.5 Å². The third-order valence-corrected chi connectivity index (χ3v) is 4.45. The van der Waals surface area contributed by atoms with E-state index < -0.39 is 11.5 Å². The maximum absolute atomic E-state index is 12.0. The minimum atomic E-state index is -1.19. The van der Waals surface area contributed by atoms with Gasteiger partial charge in [0.05, 0.1) is 5.69 Å². The van der Waals surface area contributed by atoms with Crippen LogP contribution < -0.4 is 10.5 Å². The molecule has 0 fully saturated rings. The number of hydrogen-bond donors (Lipinski definition) is 2. The summed E-state index contributed by atoms with van der Waals surface area (Å²) in [5, 5.41) is 9.11. The van der Waals surface area contributed by atoms with E-state index >= 15 is 0 Å². The van der Waals surface area contributed by atoms with E-state index in [0.717, 1.165) is 36.2 Å². The molecular formula is C18H20N2O3. The lowest BCUT2D eigenvalue weighted by Gasteiger charge is -2.28. The molecular weight excluding hydrogens is 292 g/mol. The molecule has 0 amide bonds. The molecule has 2 N–H and O–H groups in total. The van der Waals surface area contributed by atoms with Crippen molar-refractivity contribution >= 4 is 11.7 Å². The van der Waals surface area contributed by atoms with E-state index in [4.69, 9.17) is 5.11 Å². The normalized spacial score (nSPS) is 13.7. The van der Waals surface area contributed by atoms with E-state index in [9.17, 15) is 9.59 Å². The molecule has 2 aromatic rings. The zero-order valence-electron chi connectivity index (χ0n) is 13.3. The maximum atomic E-state index is 12.0. The number of aromatic nitrogens is 1. The number of hydrogen-bond acceptors (Lipinski definition) is 3. The lowest BCUT2D eigenvalue weighted by atomic mass is 9.96. The zero-order chi connectivity index (χ0) is 16.6. The number of carboxylic acid groups (broad SMARTS) is 1. The lowest BCUT2D eigenvalue weighted by Crippen LogP contribution is -2.24. The van der Waals surface area contributed by atoms with Gasteiger partial charge in [-0.05, 0) is 54.2 Å². The Morgan fingerprint density at radius 3 is 2.83 bits per heavy atom. The third-order valence-electron chi connectivity index (χ3n) is 4.45. The highest BCUT2D eigenvalue weighted by Gasteiger charge is 2.17. The fraction of sp³-hybridized carbons (Fsp3) is 0.333. The number of rotatable bonds is 3. The predicted octanol–water partition coefficient (Wildman–Crippen LogP) is 2.68. The van der Waals surface area contributed by atoms with Gasteiger partial charge in [0.25, 0.3) is 5.56 Å². The van der Waals surface area contributed by atoms with Crippen molar-refractivity contribution < 1.29 is 9.90 Å². The van der Waals surface area contributed by atoms with Gasteiger partial charge in [0.15, 0.2) is 0 Å². The standard InChI is InChI=1S/C18H20N2O3/c1-3-11-10-14(18(22)23)17(21)19-16(11)13-6-7-15-12(9-13)5-4-8-20(15)2/h6-7,9-10H,3-5,8H2,1-2H3,(H,19,21)(H,22,23). The number of nitrogens with zero attached hydrogens (tertiary/aromatic N) is 1. The topological polar surface area (TPSA) is 73.4 Å². The Hall–Kier alpha value is -2.56. The molecule has 120 valence electrons. The molecule has 0 saturated carbocycles. The summed E-state index contributed by atoms with van der Waals surface area (Å²) in [5.41, 5.74) is 4.22. The third kappa shape index (κ3) is 2.74. The van der Waals surface area contributed by atoms with Gasteiger partial charge < -0.3 is 15.0 Å². The van der Waals surface area contributed by atoms with Crippen molar-refractivity contribution in [3.05, 3.63) is 51.3 Å². The Morgan fingerprint density at radius 2 is 2.13 bits per heavy atom. The molecule has 0 saturated heterocycles. The molecule has 5 heteroatoms. The summed E-state index contributed by atoms with van der Waals surface area (Å²) in [7, 11) is 2.08. The molecule has 1 aromatic heterocycles. The first-order chi connectivity index (χ1) is 11.0. The van der Waals surface area contributed by atoms with Crippen LogP contribution in [-0.4, -0.2) is 29.7 Å². The molecule has 5 nitrogen and oxygen atoms in total. The summed E-state index contributed by atoms with van der Waals surface area (Å²) in [6.07, 6.45) is 2.79. The van der Waals surface area contributed by atoms with E-state index in [1.807, 2.05) is 13.0 Å². The number of carboxylic acids is 1. The minimum Gasteiger partial charge on any atom is -0.477 e. The number of fused-ring (bicyclic) bond motifs is 1. The molecule has 2 heterocycles. The van der Waals surface area contributed by atoms with Crippen LogP contribution in [0.15, 0.2) is 29.1 Å². The SMILES string of the molecule is CCc1cc(C(=O)O)c(=O)[nH]c1-c1ccc2c(c1)CCCN2C. The van der Waals surface area contributed by atoms with Crippen LogP contribution in [0.2, 0.25) is 0 Å². The fourth-order valence-corrected chi connectivity index (χ4v) is 3.21.